The highest BCUT2D eigenvalue weighted by Gasteiger charge is 2.35. The number of alkyl halides is 2. The van der Waals surface area contributed by atoms with E-state index in [1.807, 2.05) is 24.3 Å². The number of allylic oxidation sites excluding steroid dienone is 2. The fourth-order valence-corrected chi connectivity index (χ4v) is 5.93. The number of quaternary nitrogens is 1. The second kappa shape index (κ2) is 12.9. The lowest BCUT2D eigenvalue weighted by atomic mass is 9.91. The van der Waals surface area contributed by atoms with E-state index in [9.17, 15) is 8.78 Å². The zero-order valence-electron chi connectivity index (χ0n) is 26.2. The molecule has 46 heavy (non-hydrogen) atoms. The summed E-state index contributed by atoms with van der Waals surface area (Å²) in [6, 6.07) is 12.2. The number of aryl methyl sites for hydroxylation is 1. The largest absolute Gasteiger partial charge is 0.447 e. The lowest BCUT2D eigenvalue weighted by Gasteiger charge is -2.27. The SMILES string of the molecule is Cn1c(Nc2cc(C(C)(C)C)n([C@H]3CCC[C@H]3OCc3ccccc3)n2)nc2ncc(O/C(C=N)=C3\C=NC=C[NH2+]3)c(C(F)F)c21. The van der Waals surface area contributed by atoms with Crippen molar-refractivity contribution < 1.29 is 23.6 Å². The normalized spacial score (nSPS) is 19.3. The highest BCUT2D eigenvalue weighted by molar-refractivity contribution is 5.87. The van der Waals surface area contributed by atoms with Crippen LogP contribution in [0.25, 0.3) is 11.2 Å². The highest BCUT2D eigenvalue weighted by atomic mass is 19.3. The van der Waals surface area contributed by atoms with Gasteiger partial charge in [-0.15, -0.1) is 0 Å². The molecule has 1 aromatic carbocycles. The summed E-state index contributed by atoms with van der Waals surface area (Å²) >= 11 is 0. The number of imidazole rings is 1. The minimum Gasteiger partial charge on any atom is -0.447 e. The molecule has 2 aliphatic rings. The molecule has 0 spiro atoms. The number of hydrogen-bond donors (Lipinski definition) is 3. The van der Waals surface area contributed by atoms with E-state index < -0.39 is 6.43 Å². The van der Waals surface area contributed by atoms with Crippen LogP contribution in [0.3, 0.4) is 0 Å². The third kappa shape index (κ3) is 6.33. The van der Waals surface area contributed by atoms with Gasteiger partial charge in [-0.2, -0.15) is 10.1 Å². The molecule has 1 aliphatic carbocycles. The number of aliphatic imine (C=N–C) groups is 1. The molecule has 6 rings (SSSR count). The zero-order valence-corrected chi connectivity index (χ0v) is 26.2. The topological polar surface area (TPSA) is 132 Å². The summed E-state index contributed by atoms with van der Waals surface area (Å²) in [5.74, 6) is 0.748. The Morgan fingerprint density at radius 1 is 1.22 bits per heavy atom. The van der Waals surface area contributed by atoms with Gasteiger partial charge in [0.15, 0.2) is 22.9 Å². The van der Waals surface area contributed by atoms with Crippen molar-refractivity contribution in [1.29, 1.82) is 5.41 Å². The van der Waals surface area contributed by atoms with E-state index in [0.717, 1.165) is 36.7 Å². The van der Waals surface area contributed by atoms with Crippen LogP contribution in [-0.4, -0.2) is 42.8 Å². The third-order valence-electron chi connectivity index (χ3n) is 8.20. The highest BCUT2D eigenvalue weighted by Crippen LogP contribution is 2.39. The summed E-state index contributed by atoms with van der Waals surface area (Å²) in [5.41, 5.74) is 2.29. The summed E-state index contributed by atoms with van der Waals surface area (Å²) in [4.78, 5) is 12.9. The second-order valence-electron chi connectivity index (χ2n) is 12.4. The molecular weight excluding hydrogens is 592 g/mol. The Balaban J connectivity index is 1.31. The first-order valence-corrected chi connectivity index (χ1v) is 15.3. The first kappa shape index (κ1) is 31.2. The number of nitrogens with one attached hydrogen (secondary N) is 2. The third-order valence-corrected chi connectivity index (χ3v) is 8.20. The Labute approximate surface area is 265 Å². The van der Waals surface area contributed by atoms with Gasteiger partial charge in [0.2, 0.25) is 11.7 Å². The molecule has 1 saturated carbocycles. The van der Waals surface area contributed by atoms with Gasteiger partial charge in [0.25, 0.3) is 6.43 Å². The van der Waals surface area contributed by atoms with Crippen molar-refractivity contribution in [3.8, 4) is 5.75 Å². The van der Waals surface area contributed by atoms with Gasteiger partial charge in [0, 0.05) is 24.2 Å². The molecule has 11 nitrogen and oxygen atoms in total. The van der Waals surface area contributed by atoms with Crippen LogP contribution >= 0.6 is 0 Å². The van der Waals surface area contributed by atoms with Crippen molar-refractivity contribution >= 4 is 35.4 Å². The number of fused-ring (bicyclic) bond motifs is 1. The Morgan fingerprint density at radius 3 is 2.72 bits per heavy atom. The van der Waals surface area contributed by atoms with Gasteiger partial charge in [0.1, 0.15) is 11.7 Å². The van der Waals surface area contributed by atoms with Gasteiger partial charge in [0.05, 0.1) is 49.1 Å². The van der Waals surface area contributed by atoms with Gasteiger partial charge in [-0.25, -0.2) is 13.8 Å². The molecule has 0 radical (unpaired) electrons. The van der Waals surface area contributed by atoms with Gasteiger partial charge >= 0.3 is 0 Å². The molecule has 1 aliphatic heterocycles. The molecule has 3 aromatic heterocycles. The van der Waals surface area contributed by atoms with Crippen LogP contribution in [0.1, 0.15) is 69.3 Å². The van der Waals surface area contributed by atoms with Gasteiger partial charge < -0.3 is 24.8 Å². The number of nitrogens with zero attached hydrogens (tertiary/aromatic N) is 6. The van der Waals surface area contributed by atoms with Crippen molar-refractivity contribution in [2.24, 2.45) is 12.0 Å². The fourth-order valence-electron chi connectivity index (χ4n) is 5.93. The van der Waals surface area contributed by atoms with Crippen molar-refractivity contribution in [3.05, 3.63) is 83.3 Å². The smallest absolute Gasteiger partial charge is 0.269 e. The van der Waals surface area contributed by atoms with Crippen molar-refractivity contribution in [3.63, 3.8) is 0 Å². The average Bonchev–Trinajstić information content (AvgIpc) is 3.77. The predicted molar refractivity (Wildman–Crippen MR) is 172 cm³/mol. The van der Waals surface area contributed by atoms with E-state index in [4.69, 9.17) is 20.0 Å². The number of aromatic nitrogens is 5. The Hall–Kier alpha value is -4.75. The Kier molecular flexibility index (Phi) is 8.78. The van der Waals surface area contributed by atoms with E-state index in [2.05, 4.69) is 57.9 Å². The number of ether oxygens (including phenoxy) is 2. The maximum Gasteiger partial charge on any atom is 0.269 e. The van der Waals surface area contributed by atoms with Crippen molar-refractivity contribution in [1.82, 2.24) is 24.3 Å². The van der Waals surface area contributed by atoms with Gasteiger partial charge in [-0.3, -0.25) is 15.0 Å². The summed E-state index contributed by atoms with van der Waals surface area (Å²) in [5, 5.41) is 17.7. The number of halogens is 2. The summed E-state index contributed by atoms with van der Waals surface area (Å²) in [6.45, 7) is 6.95. The molecule has 4 aromatic rings. The number of hydrogen-bond acceptors (Lipinski definition) is 8. The average molecular weight is 631 g/mol. The summed E-state index contributed by atoms with van der Waals surface area (Å²) in [6.07, 6.45) is 6.94. The molecule has 13 heteroatoms. The number of rotatable bonds is 10. The van der Waals surface area contributed by atoms with E-state index in [1.165, 1.54) is 17.0 Å². The molecule has 0 amide bonds. The lowest BCUT2D eigenvalue weighted by molar-refractivity contribution is -0.528. The minimum atomic E-state index is -2.90. The van der Waals surface area contributed by atoms with Crippen molar-refractivity contribution in [2.45, 2.75) is 70.6 Å². The number of pyridine rings is 1. The first-order chi connectivity index (χ1) is 22.1. The Bertz CT molecular complexity index is 1820. The summed E-state index contributed by atoms with van der Waals surface area (Å²) in [7, 11) is 1.64. The fraction of sp³-hybridized carbons (Fsp3) is 0.364. The monoisotopic (exact) mass is 630 g/mol. The van der Waals surface area contributed by atoms with Gasteiger partial charge in [-0.05, 0) is 24.8 Å². The molecular formula is C33H38F2N9O2+. The molecule has 4 N–H and O–H groups in total. The van der Waals surface area contributed by atoms with E-state index in [-0.39, 0.29) is 45.8 Å². The number of anilines is 2. The maximum atomic E-state index is 14.6. The second-order valence-corrected chi connectivity index (χ2v) is 12.4. The predicted octanol–water partition coefficient (Wildman–Crippen LogP) is 5.81. The van der Waals surface area contributed by atoms with E-state index in [1.54, 1.807) is 24.8 Å². The van der Waals surface area contributed by atoms with Crippen molar-refractivity contribution in [2.75, 3.05) is 5.32 Å². The van der Waals surface area contributed by atoms with Crippen LogP contribution in [0, 0.1) is 5.41 Å². The van der Waals surface area contributed by atoms with Crippen LogP contribution in [0.2, 0.25) is 0 Å². The molecule has 240 valence electrons. The number of nitrogens with two attached hydrogens (primary N) is 1. The number of benzene rings is 1. The maximum absolute atomic E-state index is 14.6. The Morgan fingerprint density at radius 2 is 2.02 bits per heavy atom. The lowest BCUT2D eigenvalue weighted by Crippen LogP contribution is -2.77. The van der Waals surface area contributed by atoms with Gasteiger partial charge in [-0.1, -0.05) is 51.1 Å². The van der Waals surface area contributed by atoms with Crippen LogP contribution in [0.4, 0.5) is 20.5 Å². The van der Waals surface area contributed by atoms with E-state index >= 15 is 0 Å². The minimum absolute atomic E-state index is 0.00959. The molecule has 2 atom stereocenters. The van der Waals surface area contributed by atoms with E-state index in [0.29, 0.717) is 24.1 Å². The van der Waals surface area contributed by atoms with Crippen LogP contribution in [-0.2, 0) is 23.8 Å². The molecule has 0 saturated heterocycles. The molecule has 0 unspecified atom stereocenters. The zero-order chi connectivity index (χ0) is 32.4. The standard InChI is InChI=1S/C33H37F2N9O2/c1-33(2,3)26-15-27(42-44(26)22-11-8-12-23(22)45-19-20-9-6-5-7-10-20)40-32-41-31-29(43(32)4)28(30(34)35)25(18-39-31)46-24(16-36)21-17-37-13-14-38-21/h5-7,9-10,13-18,22-23,30,36,38H,8,11-12,19H2,1-4H3,(H,39,40,41,42)/p+1/b24-21+,36-16?/t22-,23+/m0/s1. The van der Waals surface area contributed by atoms with Crippen LogP contribution in [0.15, 0.2) is 71.4 Å². The summed E-state index contributed by atoms with van der Waals surface area (Å²) < 4.78 is 45.1. The molecule has 1 fully saturated rings. The quantitative estimate of drug-likeness (QED) is 0.150. The molecule has 0 bridgehead atoms. The van der Waals surface area contributed by atoms with Crippen LogP contribution in [0.5, 0.6) is 5.75 Å². The first-order valence-electron chi connectivity index (χ1n) is 15.3. The van der Waals surface area contributed by atoms with Crippen LogP contribution < -0.4 is 15.4 Å². The molecule has 4 heterocycles.